The highest BCUT2D eigenvalue weighted by Gasteiger charge is 2.40. The normalized spacial score (nSPS) is 18.4. The van der Waals surface area contributed by atoms with Gasteiger partial charge in [0.2, 0.25) is 0 Å². The van der Waals surface area contributed by atoms with Crippen molar-refractivity contribution >= 4 is 23.3 Å². The number of esters is 1. The number of pyridine rings is 1. The van der Waals surface area contributed by atoms with Crippen LogP contribution in [-0.4, -0.2) is 39.2 Å². The zero-order valence-electron chi connectivity index (χ0n) is 16.7. The van der Waals surface area contributed by atoms with Gasteiger partial charge >= 0.3 is 5.97 Å². The summed E-state index contributed by atoms with van der Waals surface area (Å²) < 4.78 is 12.5. The summed E-state index contributed by atoms with van der Waals surface area (Å²) in [7, 11) is 1.41. The number of nitrogens with one attached hydrogen (secondary N) is 1. The van der Waals surface area contributed by atoms with Gasteiger partial charge in [-0.1, -0.05) is 6.07 Å². The Morgan fingerprint density at radius 2 is 2.17 bits per heavy atom. The predicted octanol–water partition coefficient (Wildman–Crippen LogP) is 3.45. The van der Waals surface area contributed by atoms with Crippen LogP contribution in [-0.2, 0) is 16.1 Å². The molecule has 3 aromatic heterocycles. The second kappa shape index (κ2) is 9.13. The van der Waals surface area contributed by atoms with E-state index in [4.69, 9.17) is 21.4 Å². The van der Waals surface area contributed by atoms with Crippen LogP contribution in [0.2, 0.25) is 0 Å². The molecule has 1 aliphatic rings. The Morgan fingerprint density at radius 1 is 1.27 bits per heavy atom. The molecular formula is C22H24N4O3S. The molecule has 0 spiro atoms. The highest BCUT2D eigenvalue weighted by molar-refractivity contribution is 7.80. The Morgan fingerprint density at radius 3 is 2.90 bits per heavy atom. The Balaban J connectivity index is 1.64. The standard InChI is InChI=1S/C22H24N4O3S/c1-28-19(27)10-5-13-26-21(20(24-22(26)30)17-8-2-3-11-23-17)18-9-4-12-25(18)15-16-7-6-14-29-16/h2-4,6-9,11-12,14,20-21H,5,10,13,15H2,1H3,(H,24,30)/t20-,21+/m1/s1. The monoisotopic (exact) mass is 424 g/mol. The van der Waals surface area contributed by atoms with Gasteiger partial charge in [0.1, 0.15) is 5.76 Å². The maximum atomic E-state index is 11.6. The molecule has 4 rings (SSSR count). The number of ether oxygens (including phenoxy) is 1. The zero-order valence-corrected chi connectivity index (χ0v) is 17.5. The third-order valence-electron chi connectivity index (χ3n) is 5.28. The first-order valence-corrected chi connectivity index (χ1v) is 10.3. The molecule has 0 aromatic carbocycles. The summed E-state index contributed by atoms with van der Waals surface area (Å²) in [5, 5.41) is 4.10. The van der Waals surface area contributed by atoms with Crippen molar-refractivity contribution in [1.82, 2.24) is 19.8 Å². The number of aromatic nitrogens is 2. The van der Waals surface area contributed by atoms with E-state index in [2.05, 4.69) is 25.8 Å². The summed E-state index contributed by atoms with van der Waals surface area (Å²) in [6.45, 7) is 1.27. The second-order valence-electron chi connectivity index (χ2n) is 7.14. The largest absolute Gasteiger partial charge is 0.469 e. The van der Waals surface area contributed by atoms with Gasteiger partial charge in [-0.2, -0.15) is 0 Å². The first-order chi connectivity index (χ1) is 14.7. The lowest BCUT2D eigenvalue weighted by molar-refractivity contribution is -0.140. The Hall–Kier alpha value is -3.13. The number of hydrogen-bond acceptors (Lipinski definition) is 5. The van der Waals surface area contributed by atoms with Crippen LogP contribution in [0.25, 0.3) is 0 Å². The molecule has 4 heterocycles. The lowest BCUT2D eigenvalue weighted by Crippen LogP contribution is -2.32. The number of methoxy groups -OCH3 is 1. The fourth-order valence-corrected chi connectivity index (χ4v) is 4.21. The quantitative estimate of drug-likeness (QED) is 0.439. The molecule has 1 saturated heterocycles. The highest BCUT2D eigenvalue weighted by Crippen LogP contribution is 2.39. The van der Waals surface area contributed by atoms with Crippen LogP contribution < -0.4 is 5.32 Å². The van der Waals surface area contributed by atoms with Crippen molar-refractivity contribution in [3.8, 4) is 0 Å². The summed E-state index contributed by atoms with van der Waals surface area (Å²) in [6.07, 6.45) is 6.52. The topological polar surface area (TPSA) is 72.5 Å². The van der Waals surface area contributed by atoms with Crippen molar-refractivity contribution in [3.05, 3.63) is 78.3 Å². The van der Waals surface area contributed by atoms with E-state index in [-0.39, 0.29) is 18.1 Å². The molecule has 0 bridgehead atoms. The number of carbonyl (C=O) groups excluding carboxylic acids is 1. The van der Waals surface area contributed by atoms with Crippen LogP contribution >= 0.6 is 12.2 Å². The summed E-state index contributed by atoms with van der Waals surface area (Å²) in [6, 6.07) is 13.7. The molecule has 0 aliphatic carbocycles. The van der Waals surface area contributed by atoms with Gasteiger partial charge in [-0.15, -0.1) is 0 Å². The number of nitrogens with zero attached hydrogens (tertiary/aromatic N) is 3. The van der Waals surface area contributed by atoms with E-state index < -0.39 is 0 Å². The number of carbonyl (C=O) groups is 1. The summed E-state index contributed by atoms with van der Waals surface area (Å²) in [5.41, 5.74) is 2.03. The third kappa shape index (κ3) is 4.23. The maximum absolute atomic E-state index is 11.6. The lowest BCUT2D eigenvalue weighted by atomic mass is 10.0. The van der Waals surface area contributed by atoms with E-state index in [9.17, 15) is 4.79 Å². The fourth-order valence-electron chi connectivity index (χ4n) is 3.87. The molecule has 7 nitrogen and oxygen atoms in total. The van der Waals surface area contributed by atoms with Crippen molar-refractivity contribution in [2.24, 2.45) is 0 Å². The number of rotatable bonds is 8. The van der Waals surface area contributed by atoms with Crippen LogP contribution in [0.3, 0.4) is 0 Å². The zero-order chi connectivity index (χ0) is 20.9. The average Bonchev–Trinajstić information content (AvgIpc) is 3.50. The smallest absolute Gasteiger partial charge is 0.305 e. The van der Waals surface area contributed by atoms with Crippen LogP contribution in [0.5, 0.6) is 0 Å². The molecule has 0 amide bonds. The minimum Gasteiger partial charge on any atom is -0.469 e. The molecule has 156 valence electrons. The average molecular weight is 425 g/mol. The van der Waals surface area contributed by atoms with Gasteiger partial charge in [0.05, 0.1) is 37.7 Å². The molecule has 8 heteroatoms. The lowest BCUT2D eigenvalue weighted by Gasteiger charge is -2.28. The highest BCUT2D eigenvalue weighted by atomic mass is 32.1. The molecule has 3 aromatic rings. The minimum absolute atomic E-state index is 0.0602. The van der Waals surface area contributed by atoms with Crippen LogP contribution in [0, 0.1) is 0 Å². The number of furan rings is 1. The van der Waals surface area contributed by atoms with Gasteiger partial charge in [0.25, 0.3) is 0 Å². The van der Waals surface area contributed by atoms with E-state index in [1.54, 1.807) is 12.5 Å². The number of hydrogen-bond donors (Lipinski definition) is 1. The third-order valence-corrected chi connectivity index (χ3v) is 5.63. The van der Waals surface area contributed by atoms with Gasteiger partial charge in [0.15, 0.2) is 5.11 Å². The first kappa shape index (κ1) is 20.2. The number of thiocarbonyl (C=S) groups is 1. The SMILES string of the molecule is COC(=O)CCCN1C(=S)N[C@H](c2ccccn2)[C@@H]1c1cccn1Cc1ccco1. The summed E-state index contributed by atoms with van der Waals surface area (Å²) in [4.78, 5) is 18.3. The van der Waals surface area contributed by atoms with Crippen molar-refractivity contribution in [2.75, 3.05) is 13.7 Å². The molecule has 0 saturated carbocycles. The Bertz CT molecular complexity index is 987. The van der Waals surface area contributed by atoms with E-state index in [0.29, 0.717) is 31.0 Å². The molecule has 30 heavy (non-hydrogen) atoms. The molecule has 0 unspecified atom stereocenters. The van der Waals surface area contributed by atoms with E-state index >= 15 is 0 Å². The fraction of sp³-hybridized carbons (Fsp3) is 0.318. The summed E-state index contributed by atoms with van der Waals surface area (Å²) >= 11 is 5.68. The van der Waals surface area contributed by atoms with Crippen molar-refractivity contribution in [1.29, 1.82) is 0 Å². The molecule has 1 fully saturated rings. The van der Waals surface area contributed by atoms with Crippen molar-refractivity contribution in [2.45, 2.75) is 31.5 Å². The predicted molar refractivity (Wildman–Crippen MR) is 116 cm³/mol. The van der Waals surface area contributed by atoms with Crippen molar-refractivity contribution < 1.29 is 13.9 Å². The van der Waals surface area contributed by atoms with Gasteiger partial charge in [0, 0.05) is 31.1 Å². The van der Waals surface area contributed by atoms with E-state index in [1.165, 1.54) is 7.11 Å². The second-order valence-corrected chi connectivity index (χ2v) is 7.53. The maximum Gasteiger partial charge on any atom is 0.305 e. The van der Waals surface area contributed by atoms with Gasteiger partial charge < -0.3 is 23.9 Å². The van der Waals surface area contributed by atoms with Gasteiger partial charge in [-0.05, 0) is 55.0 Å². The molecule has 0 radical (unpaired) electrons. The molecule has 1 aliphatic heterocycles. The molecule has 1 N–H and O–H groups in total. The Kier molecular flexibility index (Phi) is 6.13. The summed E-state index contributed by atoms with van der Waals surface area (Å²) in [5.74, 6) is 0.666. The minimum atomic E-state index is -0.216. The Labute approximate surface area is 180 Å². The van der Waals surface area contributed by atoms with Gasteiger partial charge in [-0.3, -0.25) is 9.78 Å². The van der Waals surface area contributed by atoms with Crippen LogP contribution in [0.1, 0.15) is 42.1 Å². The van der Waals surface area contributed by atoms with Crippen molar-refractivity contribution in [3.63, 3.8) is 0 Å². The first-order valence-electron chi connectivity index (χ1n) is 9.89. The van der Waals surface area contributed by atoms with Crippen LogP contribution in [0.15, 0.2) is 65.5 Å². The molecular weight excluding hydrogens is 400 g/mol. The van der Waals surface area contributed by atoms with Crippen LogP contribution in [0.4, 0.5) is 0 Å². The van der Waals surface area contributed by atoms with E-state index in [1.807, 2.05) is 42.6 Å². The molecule has 2 atom stereocenters. The van der Waals surface area contributed by atoms with E-state index in [0.717, 1.165) is 17.1 Å². The van der Waals surface area contributed by atoms with Gasteiger partial charge in [-0.25, -0.2) is 0 Å².